The van der Waals surface area contributed by atoms with Gasteiger partial charge in [0.15, 0.2) is 0 Å². The Kier molecular flexibility index (Phi) is 4.47. The van der Waals surface area contributed by atoms with E-state index in [2.05, 4.69) is 5.32 Å². The Morgan fingerprint density at radius 2 is 1.93 bits per heavy atom. The number of piperidine rings is 1. The molecule has 1 atom stereocenters. The second kappa shape index (κ2) is 6.81. The van der Waals surface area contributed by atoms with Gasteiger partial charge in [0.1, 0.15) is 0 Å². The van der Waals surface area contributed by atoms with E-state index in [0.717, 1.165) is 19.3 Å². The number of rotatable bonds is 4. The van der Waals surface area contributed by atoms with Crippen LogP contribution in [0, 0.1) is 11.3 Å². The van der Waals surface area contributed by atoms with Crippen LogP contribution in [0.3, 0.4) is 0 Å². The molecule has 6 nitrogen and oxygen atoms in total. The number of carbonyl (C=O) groups is 3. The predicted octanol–water partition coefficient (Wildman–Crippen LogP) is 3.33. The van der Waals surface area contributed by atoms with Gasteiger partial charge in [0.05, 0.1) is 10.8 Å². The summed E-state index contributed by atoms with van der Waals surface area (Å²) in [5, 5.41) is 13.8. The van der Waals surface area contributed by atoms with Gasteiger partial charge >= 0.3 is 5.97 Å². The molecule has 2 fully saturated rings. The molecular formula is C20H20N2O4S. The van der Waals surface area contributed by atoms with Crippen LogP contribution in [0.5, 0.6) is 0 Å². The number of anilines is 1. The van der Waals surface area contributed by atoms with Crippen LogP contribution in [0.15, 0.2) is 41.8 Å². The molecule has 140 valence electrons. The van der Waals surface area contributed by atoms with Crippen molar-refractivity contribution in [3.8, 4) is 0 Å². The number of carboxylic acid groups (broad SMARTS) is 1. The number of carboxylic acids is 1. The first-order chi connectivity index (χ1) is 13.0. The minimum atomic E-state index is -0.719. The third-order valence-electron chi connectivity index (χ3n) is 5.65. The summed E-state index contributed by atoms with van der Waals surface area (Å²) in [6.07, 6.45) is 2.21. The van der Waals surface area contributed by atoms with Crippen molar-refractivity contribution in [2.24, 2.45) is 11.3 Å². The second-order valence-corrected chi connectivity index (χ2v) is 8.21. The Morgan fingerprint density at radius 1 is 1.15 bits per heavy atom. The predicted molar refractivity (Wildman–Crippen MR) is 102 cm³/mol. The van der Waals surface area contributed by atoms with Gasteiger partial charge < -0.3 is 15.3 Å². The largest absolute Gasteiger partial charge is 0.481 e. The van der Waals surface area contributed by atoms with E-state index in [1.807, 2.05) is 11.4 Å². The first-order valence-corrected chi connectivity index (χ1v) is 9.83. The summed E-state index contributed by atoms with van der Waals surface area (Å²) in [7, 11) is 0. The molecule has 2 heterocycles. The van der Waals surface area contributed by atoms with Crippen molar-refractivity contribution in [2.75, 3.05) is 18.4 Å². The summed E-state index contributed by atoms with van der Waals surface area (Å²) in [4.78, 5) is 38.6. The summed E-state index contributed by atoms with van der Waals surface area (Å²) < 4.78 is 0. The molecule has 1 unspecified atom stereocenters. The summed E-state index contributed by atoms with van der Waals surface area (Å²) in [5.41, 5.74) is 1.01. The second-order valence-electron chi connectivity index (χ2n) is 7.26. The molecule has 0 radical (unpaired) electrons. The highest BCUT2D eigenvalue weighted by atomic mass is 32.1. The fourth-order valence-electron chi connectivity index (χ4n) is 3.92. The summed E-state index contributed by atoms with van der Waals surface area (Å²) in [5.74, 6) is -1.23. The van der Waals surface area contributed by atoms with E-state index in [-0.39, 0.29) is 23.1 Å². The van der Waals surface area contributed by atoms with Crippen LogP contribution in [0.1, 0.15) is 39.3 Å². The highest BCUT2D eigenvalue weighted by Crippen LogP contribution is 2.59. The van der Waals surface area contributed by atoms with Crippen molar-refractivity contribution in [1.29, 1.82) is 0 Å². The molecule has 1 saturated heterocycles. The Bertz CT molecular complexity index is 885. The fourth-order valence-corrected chi connectivity index (χ4v) is 4.54. The quantitative estimate of drug-likeness (QED) is 0.847. The van der Waals surface area contributed by atoms with Crippen molar-refractivity contribution in [1.82, 2.24) is 4.90 Å². The standard InChI is InChI=1S/C20H20N2O4S/c23-17(16-5-2-10-27-16)21-14-4-1-3-13(11-14)18(24)22-8-6-20(7-9-22)12-15(20)19(25)26/h1-5,10-11,15H,6-9,12H2,(H,21,23)(H,25,26). The molecule has 2 N–H and O–H groups in total. The number of nitrogens with zero attached hydrogens (tertiary/aromatic N) is 1. The van der Waals surface area contributed by atoms with Gasteiger partial charge in [-0.2, -0.15) is 0 Å². The number of nitrogens with one attached hydrogen (secondary N) is 1. The minimum Gasteiger partial charge on any atom is -0.481 e. The van der Waals surface area contributed by atoms with Crippen molar-refractivity contribution in [3.05, 3.63) is 52.2 Å². The number of aliphatic carboxylic acids is 1. The molecular weight excluding hydrogens is 364 g/mol. The van der Waals surface area contributed by atoms with Gasteiger partial charge in [0.2, 0.25) is 0 Å². The SMILES string of the molecule is O=C(Nc1cccc(C(=O)N2CCC3(CC2)CC3C(=O)O)c1)c1cccs1. The molecule has 4 rings (SSSR count). The first-order valence-electron chi connectivity index (χ1n) is 8.95. The van der Waals surface area contributed by atoms with Crippen LogP contribution in [-0.4, -0.2) is 40.9 Å². The van der Waals surface area contributed by atoms with E-state index in [9.17, 15) is 19.5 Å². The van der Waals surface area contributed by atoms with E-state index in [1.54, 1.807) is 35.2 Å². The van der Waals surface area contributed by atoms with Crippen molar-refractivity contribution in [2.45, 2.75) is 19.3 Å². The number of benzene rings is 1. The Morgan fingerprint density at radius 3 is 2.56 bits per heavy atom. The molecule has 0 bridgehead atoms. The number of hydrogen-bond acceptors (Lipinski definition) is 4. The van der Waals surface area contributed by atoms with Crippen LogP contribution in [0.25, 0.3) is 0 Å². The number of amides is 2. The minimum absolute atomic E-state index is 0.0791. The average molecular weight is 384 g/mol. The maximum atomic E-state index is 12.8. The first kappa shape index (κ1) is 17.7. The van der Waals surface area contributed by atoms with Crippen molar-refractivity contribution in [3.63, 3.8) is 0 Å². The average Bonchev–Trinajstić information content (AvgIpc) is 3.11. The number of hydrogen-bond donors (Lipinski definition) is 2. The summed E-state index contributed by atoms with van der Waals surface area (Å²) >= 11 is 1.36. The zero-order valence-corrected chi connectivity index (χ0v) is 15.5. The molecule has 1 aliphatic carbocycles. The van der Waals surface area contributed by atoms with Crippen LogP contribution in [0.4, 0.5) is 5.69 Å². The van der Waals surface area contributed by atoms with Gasteiger partial charge in [-0.3, -0.25) is 14.4 Å². The Balaban J connectivity index is 1.40. The Labute approximate surface area is 160 Å². The van der Waals surface area contributed by atoms with Crippen LogP contribution in [0.2, 0.25) is 0 Å². The van der Waals surface area contributed by atoms with Gasteiger partial charge in [-0.05, 0) is 54.3 Å². The zero-order chi connectivity index (χ0) is 19.0. The summed E-state index contributed by atoms with van der Waals surface area (Å²) in [6, 6.07) is 10.5. The maximum absolute atomic E-state index is 12.8. The highest BCUT2D eigenvalue weighted by molar-refractivity contribution is 7.12. The van der Waals surface area contributed by atoms with E-state index in [1.165, 1.54) is 11.3 Å². The maximum Gasteiger partial charge on any atom is 0.307 e. The van der Waals surface area contributed by atoms with Crippen molar-refractivity contribution >= 4 is 34.8 Å². The molecule has 1 aromatic heterocycles. The third-order valence-corrected chi connectivity index (χ3v) is 6.52. The molecule has 1 aromatic carbocycles. The lowest BCUT2D eigenvalue weighted by atomic mass is 9.90. The molecule has 2 amide bonds. The van der Waals surface area contributed by atoms with Gasteiger partial charge in [-0.25, -0.2) is 0 Å². The third kappa shape index (κ3) is 3.47. The van der Waals surface area contributed by atoms with Gasteiger partial charge in [-0.1, -0.05) is 12.1 Å². The van der Waals surface area contributed by atoms with E-state index in [4.69, 9.17) is 0 Å². The fraction of sp³-hybridized carbons (Fsp3) is 0.350. The molecule has 27 heavy (non-hydrogen) atoms. The van der Waals surface area contributed by atoms with E-state index in [0.29, 0.717) is 29.2 Å². The highest BCUT2D eigenvalue weighted by Gasteiger charge is 2.59. The summed E-state index contributed by atoms with van der Waals surface area (Å²) in [6.45, 7) is 1.16. The Hall–Kier alpha value is -2.67. The molecule has 1 spiro atoms. The molecule has 2 aromatic rings. The monoisotopic (exact) mass is 384 g/mol. The lowest BCUT2D eigenvalue weighted by Gasteiger charge is -2.32. The molecule has 1 aliphatic heterocycles. The number of thiophene rings is 1. The van der Waals surface area contributed by atoms with Gasteiger partial charge in [-0.15, -0.1) is 11.3 Å². The van der Waals surface area contributed by atoms with Crippen molar-refractivity contribution < 1.29 is 19.5 Å². The van der Waals surface area contributed by atoms with E-state index >= 15 is 0 Å². The zero-order valence-electron chi connectivity index (χ0n) is 14.7. The molecule has 2 aliphatic rings. The smallest absolute Gasteiger partial charge is 0.307 e. The molecule has 7 heteroatoms. The topological polar surface area (TPSA) is 86.7 Å². The van der Waals surface area contributed by atoms with E-state index < -0.39 is 5.97 Å². The van der Waals surface area contributed by atoms with Gasteiger partial charge in [0, 0.05) is 24.3 Å². The number of carbonyl (C=O) groups excluding carboxylic acids is 2. The number of likely N-dealkylation sites (tertiary alicyclic amines) is 1. The van der Waals surface area contributed by atoms with Crippen LogP contribution < -0.4 is 5.32 Å². The van der Waals surface area contributed by atoms with Gasteiger partial charge in [0.25, 0.3) is 11.8 Å². The normalized spacial score (nSPS) is 20.3. The van der Waals surface area contributed by atoms with Crippen LogP contribution >= 0.6 is 11.3 Å². The molecule has 1 saturated carbocycles. The van der Waals surface area contributed by atoms with Crippen LogP contribution in [-0.2, 0) is 4.79 Å². The lowest BCUT2D eigenvalue weighted by molar-refractivity contribution is -0.139. The lowest BCUT2D eigenvalue weighted by Crippen LogP contribution is -2.40.